The van der Waals surface area contributed by atoms with Gasteiger partial charge in [-0.1, -0.05) is 11.6 Å². The molecule has 1 amide bonds. The molecule has 0 aliphatic heterocycles. The highest BCUT2D eigenvalue weighted by Crippen LogP contribution is 2.19. The molecule has 3 nitrogen and oxygen atoms in total. The number of nitrogen functional groups attached to an aromatic ring is 1. The van der Waals surface area contributed by atoms with Crippen LogP contribution < -0.4 is 11.1 Å². The molecule has 0 saturated carbocycles. The molecule has 3 heteroatoms. The second-order valence-corrected chi connectivity index (χ2v) is 5.19. The Morgan fingerprint density at radius 2 is 2.21 bits per heavy atom. The molecular formula is C16H22N2O. The zero-order valence-corrected chi connectivity index (χ0v) is 11.5. The number of benzene rings is 1. The molecule has 0 aromatic heterocycles. The Balaban J connectivity index is 1.83. The summed E-state index contributed by atoms with van der Waals surface area (Å²) < 4.78 is 0. The summed E-state index contributed by atoms with van der Waals surface area (Å²) in [5, 5.41) is 2.97. The number of rotatable bonds is 4. The Morgan fingerprint density at radius 1 is 1.37 bits per heavy atom. The molecular weight excluding hydrogens is 236 g/mol. The van der Waals surface area contributed by atoms with E-state index in [1.165, 1.54) is 31.3 Å². The zero-order valence-electron chi connectivity index (χ0n) is 11.5. The summed E-state index contributed by atoms with van der Waals surface area (Å²) in [6, 6.07) is 5.40. The summed E-state index contributed by atoms with van der Waals surface area (Å²) in [6.45, 7) is 2.63. The van der Waals surface area contributed by atoms with Crippen LogP contribution in [0.5, 0.6) is 0 Å². The first-order chi connectivity index (χ1) is 9.16. The summed E-state index contributed by atoms with van der Waals surface area (Å²) in [6.07, 6.45) is 8.28. The van der Waals surface area contributed by atoms with Crippen LogP contribution in [0.3, 0.4) is 0 Å². The predicted molar refractivity (Wildman–Crippen MR) is 79.1 cm³/mol. The van der Waals surface area contributed by atoms with Crippen molar-refractivity contribution < 1.29 is 4.79 Å². The van der Waals surface area contributed by atoms with Crippen molar-refractivity contribution >= 4 is 11.6 Å². The lowest BCUT2D eigenvalue weighted by Gasteiger charge is -2.13. The number of aryl methyl sites for hydroxylation is 1. The summed E-state index contributed by atoms with van der Waals surface area (Å²) >= 11 is 0. The first-order valence-electron chi connectivity index (χ1n) is 6.99. The number of anilines is 1. The van der Waals surface area contributed by atoms with E-state index in [0.717, 1.165) is 17.7 Å². The van der Waals surface area contributed by atoms with Crippen LogP contribution in [0, 0.1) is 6.92 Å². The van der Waals surface area contributed by atoms with Crippen molar-refractivity contribution in [3.8, 4) is 0 Å². The Hall–Kier alpha value is -1.77. The lowest BCUT2D eigenvalue weighted by molar-refractivity contribution is 0.0954. The molecule has 102 valence electrons. The van der Waals surface area contributed by atoms with E-state index >= 15 is 0 Å². The maximum absolute atomic E-state index is 12.0. The number of carbonyl (C=O) groups excluding carboxylic acids is 1. The molecule has 0 unspecified atom stereocenters. The van der Waals surface area contributed by atoms with Gasteiger partial charge in [0.25, 0.3) is 5.91 Å². The van der Waals surface area contributed by atoms with Crippen molar-refractivity contribution in [3.63, 3.8) is 0 Å². The van der Waals surface area contributed by atoms with Crippen molar-refractivity contribution in [2.45, 2.75) is 39.0 Å². The molecule has 0 saturated heterocycles. The summed E-state index contributed by atoms with van der Waals surface area (Å²) in [7, 11) is 0. The number of allylic oxidation sites excluding steroid dienone is 1. The fourth-order valence-electron chi connectivity index (χ4n) is 2.39. The van der Waals surface area contributed by atoms with Gasteiger partial charge in [-0.25, -0.2) is 0 Å². The van der Waals surface area contributed by atoms with E-state index in [1.54, 1.807) is 12.1 Å². The quantitative estimate of drug-likeness (QED) is 0.643. The fraction of sp³-hybridized carbons (Fsp3) is 0.438. The Labute approximate surface area is 114 Å². The van der Waals surface area contributed by atoms with Gasteiger partial charge in [0.1, 0.15) is 0 Å². The molecule has 1 aromatic rings. The van der Waals surface area contributed by atoms with Gasteiger partial charge >= 0.3 is 0 Å². The molecule has 2 rings (SSSR count). The van der Waals surface area contributed by atoms with Gasteiger partial charge in [-0.3, -0.25) is 4.79 Å². The van der Waals surface area contributed by atoms with Crippen LogP contribution in [-0.2, 0) is 0 Å². The maximum Gasteiger partial charge on any atom is 0.251 e. The third kappa shape index (κ3) is 3.85. The predicted octanol–water partition coefficient (Wildman–Crippen LogP) is 3.20. The van der Waals surface area contributed by atoms with Gasteiger partial charge in [-0.05, 0) is 62.8 Å². The van der Waals surface area contributed by atoms with E-state index in [2.05, 4.69) is 11.4 Å². The van der Waals surface area contributed by atoms with E-state index in [4.69, 9.17) is 5.73 Å². The molecule has 1 aliphatic carbocycles. The van der Waals surface area contributed by atoms with Crippen LogP contribution in [0.1, 0.15) is 48.0 Å². The van der Waals surface area contributed by atoms with Crippen molar-refractivity contribution in [1.82, 2.24) is 5.32 Å². The van der Waals surface area contributed by atoms with Crippen LogP contribution in [0.2, 0.25) is 0 Å². The number of nitrogens with two attached hydrogens (primary N) is 1. The van der Waals surface area contributed by atoms with E-state index in [-0.39, 0.29) is 5.91 Å². The third-order valence-electron chi connectivity index (χ3n) is 3.65. The molecule has 0 fully saturated rings. The highest BCUT2D eigenvalue weighted by Gasteiger charge is 2.07. The molecule has 0 heterocycles. The number of amides is 1. The number of nitrogens with one attached hydrogen (secondary N) is 1. The van der Waals surface area contributed by atoms with E-state index in [9.17, 15) is 4.79 Å². The lowest BCUT2D eigenvalue weighted by atomic mass is 9.97. The van der Waals surface area contributed by atoms with Crippen molar-refractivity contribution in [2.75, 3.05) is 12.3 Å². The van der Waals surface area contributed by atoms with Gasteiger partial charge < -0.3 is 11.1 Å². The Bertz CT molecular complexity index is 492. The van der Waals surface area contributed by atoms with Gasteiger partial charge in [0.15, 0.2) is 0 Å². The van der Waals surface area contributed by atoms with E-state index in [1.807, 2.05) is 13.0 Å². The molecule has 0 bridgehead atoms. The minimum absolute atomic E-state index is 0.0143. The summed E-state index contributed by atoms with van der Waals surface area (Å²) in [5.41, 5.74) is 9.59. The number of hydrogen-bond acceptors (Lipinski definition) is 2. The van der Waals surface area contributed by atoms with E-state index in [0.29, 0.717) is 12.1 Å². The van der Waals surface area contributed by atoms with Gasteiger partial charge in [0.05, 0.1) is 0 Å². The first kappa shape index (κ1) is 13.7. The summed E-state index contributed by atoms with van der Waals surface area (Å²) in [5.74, 6) is -0.0143. The van der Waals surface area contributed by atoms with Gasteiger partial charge in [0, 0.05) is 17.8 Å². The zero-order chi connectivity index (χ0) is 13.7. The minimum Gasteiger partial charge on any atom is -0.399 e. The monoisotopic (exact) mass is 258 g/mol. The topological polar surface area (TPSA) is 55.1 Å². The lowest BCUT2D eigenvalue weighted by Crippen LogP contribution is -2.25. The molecule has 1 aromatic carbocycles. The first-order valence-corrected chi connectivity index (χ1v) is 6.99. The maximum atomic E-state index is 12.0. The normalized spacial score (nSPS) is 14.9. The highest BCUT2D eigenvalue weighted by molar-refractivity contribution is 5.94. The average molecular weight is 258 g/mol. The molecule has 0 atom stereocenters. The second kappa shape index (κ2) is 6.41. The standard InChI is InChI=1S/C16H22N2O/c1-12-11-14(7-8-15(12)17)16(19)18-10-9-13-5-3-2-4-6-13/h5,7-8,11H,2-4,6,9-10,17H2,1H3,(H,18,19). The van der Waals surface area contributed by atoms with Gasteiger partial charge in [-0.15, -0.1) is 0 Å². The number of carbonyl (C=O) groups is 1. The molecule has 1 aliphatic rings. The Kier molecular flexibility index (Phi) is 4.61. The van der Waals surface area contributed by atoms with Crippen LogP contribution in [0.4, 0.5) is 5.69 Å². The minimum atomic E-state index is -0.0143. The molecule has 0 radical (unpaired) electrons. The SMILES string of the molecule is Cc1cc(C(=O)NCCC2=CCCCC2)ccc1N. The average Bonchev–Trinajstić information content (AvgIpc) is 2.43. The van der Waals surface area contributed by atoms with Crippen molar-refractivity contribution in [2.24, 2.45) is 0 Å². The number of hydrogen-bond donors (Lipinski definition) is 2. The fourth-order valence-corrected chi connectivity index (χ4v) is 2.39. The molecule has 0 spiro atoms. The van der Waals surface area contributed by atoms with Crippen LogP contribution in [-0.4, -0.2) is 12.5 Å². The summed E-state index contributed by atoms with van der Waals surface area (Å²) in [4.78, 5) is 12.0. The third-order valence-corrected chi connectivity index (χ3v) is 3.65. The van der Waals surface area contributed by atoms with Gasteiger partial charge in [-0.2, -0.15) is 0 Å². The van der Waals surface area contributed by atoms with Gasteiger partial charge in [0.2, 0.25) is 0 Å². The smallest absolute Gasteiger partial charge is 0.251 e. The van der Waals surface area contributed by atoms with Crippen molar-refractivity contribution in [3.05, 3.63) is 41.0 Å². The van der Waals surface area contributed by atoms with Crippen LogP contribution in [0.15, 0.2) is 29.8 Å². The van der Waals surface area contributed by atoms with Crippen molar-refractivity contribution in [1.29, 1.82) is 0 Å². The van der Waals surface area contributed by atoms with Crippen LogP contribution in [0.25, 0.3) is 0 Å². The molecule has 3 N–H and O–H groups in total. The molecule has 19 heavy (non-hydrogen) atoms. The Morgan fingerprint density at radius 3 is 2.89 bits per heavy atom. The van der Waals surface area contributed by atoms with E-state index < -0.39 is 0 Å². The largest absolute Gasteiger partial charge is 0.399 e. The second-order valence-electron chi connectivity index (χ2n) is 5.19. The highest BCUT2D eigenvalue weighted by atomic mass is 16.1. The van der Waals surface area contributed by atoms with Crippen LogP contribution >= 0.6 is 0 Å².